The molecule has 2 N–H and O–H groups in total. The van der Waals surface area contributed by atoms with E-state index in [9.17, 15) is 14.4 Å². The maximum Gasteiger partial charge on any atom is 0.255 e. The van der Waals surface area contributed by atoms with Crippen LogP contribution in [0.1, 0.15) is 28.8 Å². The third-order valence-corrected chi connectivity index (χ3v) is 6.34. The van der Waals surface area contributed by atoms with Gasteiger partial charge in [0.2, 0.25) is 5.91 Å². The average molecular weight is 451 g/mol. The van der Waals surface area contributed by atoms with Crippen LogP contribution in [-0.4, -0.2) is 53.0 Å². The molecule has 2 atom stereocenters. The first-order valence-corrected chi connectivity index (χ1v) is 11.4. The molecule has 164 valence electrons. The Bertz CT molecular complexity index is 1060. The maximum atomic E-state index is 13.2. The second-order valence-electron chi connectivity index (χ2n) is 7.54. The molecule has 2 unspecified atom stereocenters. The van der Waals surface area contributed by atoms with E-state index in [0.29, 0.717) is 47.2 Å². The Kier molecular flexibility index (Phi) is 6.73. The van der Waals surface area contributed by atoms with Gasteiger partial charge in [-0.1, -0.05) is 6.07 Å². The van der Waals surface area contributed by atoms with E-state index >= 15 is 0 Å². The van der Waals surface area contributed by atoms with Gasteiger partial charge in [-0.15, -0.1) is 11.8 Å². The van der Waals surface area contributed by atoms with Crippen LogP contribution in [0.4, 0.5) is 11.4 Å². The minimum absolute atomic E-state index is 0.219. The molecular formula is C23H22N4O4S. The fourth-order valence-corrected chi connectivity index (χ4v) is 4.77. The highest BCUT2D eigenvalue weighted by Gasteiger charge is 2.35. The molecule has 9 heteroatoms. The zero-order chi connectivity index (χ0) is 22.5. The largest absolute Gasteiger partial charge is 0.368 e. The molecule has 2 aliphatic rings. The van der Waals surface area contributed by atoms with Crippen molar-refractivity contribution in [1.82, 2.24) is 4.90 Å². The van der Waals surface area contributed by atoms with Crippen LogP contribution >= 0.6 is 11.8 Å². The summed E-state index contributed by atoms with van der Waals surface area (Å²) in [7, 11) is 0. The molecule has 3 amide bonds. The Morgan fingerprint density at radius 2 is 1.84 bits per heavy atom. The van der Waals surface area contributed by atoms with Crippen molar-refractivity contribution in [1.29, 1.82) is 5.26 Å². The Morgan fingerprint density at radius 1 is 1.06 bits per heavy atom. The Hall–Kier alpha value is -3.35. The lowest BCUT2D eigenvalue weighted by molar-refractivity contribution is -0.124. The van der Waals surface area contributed by atoms with Gasteiger partial charge >= 0.3 is 0 Å². The summed E-state index contributed by atoms with van der Waals surface area (Å²) >= 11 is 1.50. The summed E-state index contributed by atoms with van der Waals surface area (Å²) in [5.74, 6) is 0.114. The van der Waals surface area contributed by atoms with E-state index in [0.717, 1.165) is 6.42 Å². The van der Waals surface area contributed by atoms with E-state index in [1.54, 1.807) is 48.5 Å². The van der Waals surface area contributed by atoms with Gasteiger partial charge in [-0.05, 0) is 55.3 Å². The molecule has 2 aromatic carbocycles. The second kappa shape index (κ2) is 9.85. The number of nitriles is 1. The van der Waals surface area contributed by atoms with Crippen molar-refractivity contribution in [3.8, 4) is 6.07 Å². The number of carbonyl (C=O) groups is 3. The van der Waals surface area contributed by atoms with Crippen LogP contribution < -0.4 is 10.6 Å². The van der Waals surface area contributed by atoms with Gasteiger partial charge in [-0.25, -0.2) is 0 Å². The molecule has 2 aliphatic heterocycles. The number of nitrogens with one attached hydrogen (secondary N) is 2. The van der Waals surface area contributed by atoms with Crippen LogP contribution in [0.15, 0.2) is 48.5 Å². The number of rotatable bonds is 5. The molecule has 2 saturated heterocycles. The number of hydrogen-bond acceptors (Lipinski definition) is 6. The number of benzene rings is 2. The highest BCUT2D eigenvalue weighted by molar-refractivity contribution is 7.99. The van der Waals surface area contributed by atoms with Crippen molar-refractivity contribution < 1.29 is 19.1 Å². The number of amides is 3. The maximum absolute atomic E-state index is 13.2. The zero-order valence-electron chi connectivity index (χ0n) is 17.2. The van der Waals surface area contributed by atoms with E-state index in [1.165, 1.54) is 16.7 Å². The SMILES string of the molecule is N#Cc1ccc(NC(=O)C2CSCN2C(=O)c2cccc(NC(=O)C3CCCO3)c2)cc1. The minimum Gasteiger partial charge on any atom is -0.368 e. The predicted molar refractivity (Wildman–Crippen MR) is 121 cm³/mol. The first-order valence-electron chi connectivity index (χ1n) is 10.3. The molecule has 0 bridgehead atoms. The molecule has 8 nitrogen and oxygen atoms in total. The van der Waals surface area contributed by atoms with Gasteiger partial charge in [0.15, 0.2) is 0 Å². The van der Waals surface area contributed by atoms with E-state index < -0.39 is 12.1 Å². The number of hydrogen-bond donors (Lipinski definition) is 2. The van der Waals surface area contributed by atoms with E-state index in [2.05, 4.69) is 10.6 Å². The van der Waals surface area contributed by atoms with Crippen molar-refractivity contribution in [3.05, 3.63) is 59.7 Å². The van der Waals surface area contributed by atoms with E-state index in [1.807, 2.05) is 6.07 Å². The summed E-state index contributed by atoms with van der Waals surface area (Å²) in [6.07, 6.45) is 1.08. The van der Waals surface area contributed by atoms with E-state index in [4.69, 9.17) is 10.00 Å². The fourth-order valence-electron chi connectivity index (χ4n) is 3.62. The van der Waals surface area contributed by atoms with Gasteiger partial charge in [0, 0.05) is 29.3 Å². The summed E-state index contributed by atoms with van der Waals surface area (Å²) in [6, 6.07) is 14.7. The molecule has 0 aliphatic carbocycles. The number of anilines is 2. The summed E-state index contributed by atoms with van der Waals surface area (Å²) < 4.78 is 5.40. The van der Waals surface area contributed by atoms with Gasteiger partial charge in [0.05, 0.1) is 17.5 Å². The first-order chi connectivity index (χ1) is 15.5. The molecule has 2 aromatic rings. The Balaban J connectivity index is 1.43. The van der Waals surface area contributed by atoms with Crippen molar-refractivity contribution in [2.75, 3.05) is 28.9 Å². The number of ether oxygens (including phenoxy) is 1. The quantitative estimate of drug-likeness (QED) is 0.725. The fraction of sp³-hybridized carbons (Fsp3) is 0.304. The summed E-state index contributed by atoms with van der Waals surface area (Å²) in [6.45, 7) is 0.579. The predicted octanol–water partition coefficient (Wildman–Crippen LogP) is 2.83. The Morgan fingerprint density at radius 3 is 2.56 bits per heavy atom. The minimum atomic E-state index is -0.617. The average Bonchev–Trinajstić information content (AvgIpc) is 3.52. The lowest BCUT2D eigenvalue weighted by Crippen LogP contribution is -2.44. The Labute approximate surface area is 189 Å². The molecule has 0 radical (unpaired) electrons. The topological polar surface area (TPSA) is 112 Å². The van der Waals surface area contributed by atoms with Crippen molar-refractivity contribution in [2.45, 2.75) is 25.0 Å². The molecule has 2 heterocycles. The highest BCUT2D eigenvalue weighted by atomic mass is 32.2. The van der Waals surface area contributed by atoms with Crippen LogP contribution in [0.2, 0.25) is 0 Å². The normalized spacial score (nSPS) is 19.9. The van der Waals surface area contributed by atoms with Gasteiger partial charge < -0.3 is 20.3 Å². The summed E-state index contributed by atoms with van der Waals surface area (Å²) in [4.78, 5) is 39.8. The van der Waals surface area contributed by atoms with Crippen LogP contribution in [0, 0.1) is 11.3 Å². The molecular weight excluding hydrogens is 428 g/mol. The molecule has 0 aromatic heterocycles. The lowest BCUT2D eigenvalue weighted by atomic mass is 10.1. The summed E-state index contributed by atoms with van der Waals surface area (Å²) in [5, 5.41) is 14.5. The third-order valence-electron chi connectivity index (χ3n) is 5.33. The molecule has 0 saturated carbocycles. The highest BCUT2D eigenvalue weighted by Crippen LogP contribution is 2.25. The number of carbonyl (C=O) groups excluding carboxylic acids is 3. The monoisotopic (exact) mass is 450 g/mol. The molecule has 4 rings (SSSR count). The van der Waals surface area contributed by atoms with Crippen molar-refractivity contribution >= 4 is 40.9 Å². The molecule has 32 heavy (non-hydrogen) atoms. The summed E-state index contributed by atoms with van der Waals surface area (Å²) in [5.41, 5.74) is 1.98. The van der Waals surface area contributed by atoms with Gasteiger partial charge in [-0.2, -0.15) is 5.26 Å². The van der Waals surface area contributed by atoms with Gasteiger partial charge in [0.1, 0.15) is 12.1 Å². The van der Waals surface area contributed by atoms with Crippen LogP contribution in [0.3, 0.4) is 0 Å². The third kappa shape index (κ3) is 4.93. The number of nitrogens with zero attached hydrogens (tertiary/aromatic N) is 2. The zero-order valence-corrected chi connectivity index (χ0v) is 18.1. The van der Waals surface area contributed by atoms with Crippen molar-refractivity contribution in [2.24, 2.45) is 0 Å². The second-order valence-corrected chi connectivity index (χ2v) is 8.54. The van der Waals surface area contributed by atoms with E-state index in [-0.39, 0.29) is 17.7 Å². The van der Waals surface area contributed by atoms with Crippen LogP contribution in [0.5, 0.6) is 0 Å². The molecule has 0 spiro atoms. The van der Waals surface area contributed by atoms with Crippen molar-refractivity contribution in [3.63, 3.8) is 0 Å². The lowest BCUT2D eigenvalue weighted by Gasteiger charge is -2.23. The standard InChI is InChI=1S/C23H22N4O4S/c24-12-15-6-8-17(9-7-15)25-21(28)19-13-32-14-27(19)23(30)16-3-1-4-18(11-16)26-22(29)20-5-2-10-31-20/h1,3-4,6-9,11,19-20H,2,5,10,13-14H2,(H,25,28)(H,26,29). The smallest absolute Gasteiger partial charge is 0.255 e. The van der Waals surface area contributed by atoms with Crippen LogP contribution in [0.25, 0.3) is 0 Å². The van der Waals surface area contributed by atoms with Gasteiger partial charge in [-0.3, -0.25) is 14.4 Å². The molecule has 2 fully saturated rings. The van der Waals surface area contributed by atoms with Crippen LogP contribution in [-0.2, 0) is 14.3 Å². The number of thioether (sulfide) groups is 1. The first kappa shape index (κ1) is 21.9. The van der Waals surface area contributed by atoms with Gasteiger partial charge in [0.25, 0.3) is 11.8 Å².